The van der Waals surface area contributed by atoms with Gasteiger partial charge in [-0.15, -0.1) is 0 Å². The van der Waals surface area contributed by atoms with Crippen molar-refractivity contribution in [2.24, 2.45) is 0 Å². The van der Waals surface area contributed by atoms with Crippen molar-refractivity contribution >= 4 is 40.8 Å². The van der Waals surface area contributed by atoms with Gasteiger partial charge in [0.05, 0.1) is 31.1 Å². The first kappa shape index (κ1) is 39.4. The quantitative estimate of drug-likeness (QED) is 0.128. The molecule has 1 saturated carbocycles. The van der Waals surface area contributed by atoms with Crippen LogP contribution < -0.4 is 31.5 Å². The van der Waals surface area contributed by atoms with E-state index in [-0.39, 0.29) is 49.5 Å². The maximum absolute atomic E-state index is 12.6. The van der Waals surface area contributed by atoms with E-state index in [0.29, 0.717) is 48.9 Å². The zero-order chi connectivity index (χ0) is 38.3. The monoisotopic (exact) mass is 750 g/mol. The maximum Gasteiger partial charge on any atom is 0.490 e. The van der Waals surface area contributed by atoms with Crippen LogP contribution in [0.25, 0.3) is 11.2 Å². The number of halogens is 3. The Bertz CT molecular complexity index is 1710. The van der Waals surface area contributed by atoms with Crippen LogP contribution in [-0.4, -0.2) is 133 Å². The third-order valence-corrected chi connectivity index (χ3v) is 9.42. The van der Waals surface area contributed by atoms with Gasteiger partial charge >= 0.3 is 18.2 Å². The normalized spacial score (nSPS) is 24.7. The topological polar surface area (TPSA) is 239 Å². The van der Waals surface area contributed by atoms with Crippen LogP contribution in [0.4, 0.5) is 29.7 Å². The molecule has 3 fully saturated rings. The van der Waals surface area contributed by atoms with Gasteiger partial charge in [0.1, 0.15) is 12.2 Å². The van der Waals surface area contributed by atoms with Crippen molar-refractivity contribution < 1.29 is 48.0 Å². The molecule has 3 aromatic rings. The summed E-state index contributed by atoms with van der Waals surface area (Å²) >= 11 is 0. The number of aliphatic hydroxyl groups excluding tert-OH is 3. The summed E-state index contributed by atoms with van der Waals surface area (Å²) in [6.45, 7) is 4.35. The predicted octanol–water partition coefficient (Wildman–Crippen LogP) is 0.276. The van der Waals surface area contributed by atoms with Crippen LogP contribution >= 0.6 is 0 Å². The fraction of sp³-hybridized carbons (Fsp3) is 0.576. The van der Waals surface area contributed by atoms with Crippen molar-refractivity contribution in [3.05, 3.63) is 42.2 Å². The molecule has 1 aliphatic carbocycles. The number of imidazole rings is 1. The lowest BCUT2D eigenvalue weighted by Gasteiger charge is -2.22. The molecular formula is C33H45F3N10O7. The number of urea groups is 1. The zero-order valence-corrected chi connectivity index (χ0v) is 29.0. The Morgan fingerprint density at radius 1 is 1.04 bits per heavy atom. The van der Waals surface area contributed by atoms with Crippen molar-refractivity contribution in [3.63, 3.8) is 0 Å². The SMILES string of the molecule is CCC(=O)N[C@H]1C[C@@H](n2cnc3c(N[C@H](CO)Cc4ccccc4)nc(N4CC[C@@H](NC(=O)N[C@@H]5CCNC5)C4)nc32)[C@H](O)[C@@H]1O.O=C(O)C(F)(F)F. The molecule has 2 saturated heterocycles. The molecule has 4 heterocycles. The molecule has 20 heteroatoms. The number of fused-ring (bicyclic) bond motifs is 1. The van der Waals surface area contributed by atoms with E-state index in [2.05, 4.69) is 31.6 Å². The van der Waals surface area contributed by atoms with E-state index < -0.39 is 36.4 Å². The smallest absolute Gasteiger partial charge is 0.475 e. The highest BCUT2D eigenvalue weighted by molar-refractivity contribution is 5.85. The number of aromatic nitrogens is 4. The zero-order valence-electron chi connectivity index (χ0n) is 29.0. The lowest BCUT2D eigenvalue weighted by atomic mass is 10.1. The lowest BCUT2D eigenvalue weighted by Crippen LogP contribution is -2.47. The molecule has 6 rings (SSSR count). The standard InChI is InChI=1S/C31H44N10O5.C2HF3O2/c1-2-24(43)37-22-13-23(27(45)26(22)44)41-17-33-25-28(34-21(16-42)12-18-6-4-3-5-7-18)38-30(39-29(25)41)40-11-9-20(15-40)36-31(46)35-19-8-10-32-14-19;3-2(4,5)1(6)7/h3-7,17,19-23,26-27,32,42,44-45H,2,8-16H2,1H3,(H,37,43)(H,34,38,39)(H2,35,36,46);(H,6,7)/t19-,20-,21+,22+,23-,26-,27+;/m1./s1. The number of rotatable bonds is 11. The minimum atomic E-state index is -5.08. The van der Waals surface area contributed by atoms with Crippen LogP contribution in [0.5, 0.6) is 0 Å². The largest absolute Gasteiger partial charge is 0.490 e. The number of aliphatic carboxylic acids is 1. The van der Waals surface area contributed by atoms with Crippen LogP contribution in [-0.2, 0) is 16.0 Å². The molecule has 3 aliphatic rings. The van der Waals surface area contributed by atoms with Gasteiger partial charge in [0, 0.05) is 38.1 Å². The van der Waals surface area contributed by atoms with Crippen LogP contribution in [0.15, 0.2) is 36.7 Å². The molecule has 2 aromatic heterocycles. The summed E-state index contributed by atoms with van der Waals surface area (Å²) in [5.74, 6) is -2.11. The fourth-order valence-electron chi connectivity index (χ4n) is 6.63. The van der Waals surface area contributed by atoms with Crippen LogP contribution in [0.1, 0.15) is 44.2 Å². The summed E-state index contributed by atoms with van der Waals surface area (Å²) in [6.07, 6.45) is -3.12. The second kappa shape index (κ2) is 17.4. The minimum absolute atomic E-state index is 0.104. The van der Waals surface area contributed by atoms with Gasteiger partial charge in [0.15, 0.2) is 17.0 Å². The number of amides is 3. The first-order valence-corrected chi connectivity index (χ1v) is 17.4. The molecule has 9 N–H and O–H groups in total. The second-order valence-corrected chi connectivity index (χ2v) is 13.3. The summed E-state index contributed by atoms with van der Waals surface area (Å²) in [6, 6.07) is 8.07. The van der Waals surface area contributed by atoms with Crippen LogP contribution in [0.2, 0.25) is 0 Å². The van der Waals surface area contributed by atoms with Gasteiger partial charge in [-0.2, -0.15) is 23.1 Å². The number of alkyl halides is 3. The molecule has 0 spiro atoms. The third kappa shape index (κ3) is 10.0. The fourth-order valence-corrected chi connectivity index (χ4v) is 6.63. The number of benzene rings is 1. The molecule has 7 atom stereocenters. The average Bonchev–Trinajstić information content (AvgIpc) is 3.94. The Labute approximate surface area is 302 Å². The summed E-state index contributed by atoms with van der Waals surface area (Å²) in [5.41, 5.74) is 1.95. The van der Waals surface area contributed by atoms with E-state index >= 15 is 0 Å². The van der Waals surface area contributed by atoms with Gasteiger partial charge in [0.25, 0.3) is 0 Å². The number of carbonyl (C=O) groups is 3. The number of nitrogens with zero attached hydrogens (tertiary/aromatic N) is 5. The van der Waals surface area contributed by atoms with E-state index in [1.54, 1.807) is 17.8 Å². The molecule has 2 aliphatic heterocycles. The molecule has 53 heavy (non-hydrogen) atoms. The summed E-state index contributed by atoms with van der Waals surface area (Å²) in [7, 11) is 0. The summed E-state index contributed by atoms with van der Waals surface area (Å²) in [5, 5.41) is 54.8. The molecule has 0 radical (unpaired) electrons. The Morgan fingerprint density at radius 3 is 2.40 bits per heavy atom. The second-order valence-electron chi connectivity index (χ2n) is 13.3. The number of carboxylic acid groups (broad SMARTS) is 1. The Morgan fingerprint density at radius 2 is 1.75 bits per heavy atom. The van der Waals surface area contributed by atoms with Crippen molar-refractivity contribution in [1.82, 2.24) is 40.8 Å². The number of carbonyl (C=O) groups excluding carboxylic acids is 2. The number of hydrogen-bond acceptors (Lipinski definition) is 12. The van der Waals surface area contributed by atoms with Crippen molar-refractivity contribution in [2.75, 3.05) is 43.0 Å². The number of carboxylic acids is 1. The Balaban J connectivity index is 0.000000705. The lowest BCUT2D eigenvalue weighted by molar-refractivity contribution is -0.192. The molecule has 290 valence electrons. The molecule has 17 nitrogen and oxygen atoms in total. The highest BCUT2D eigenvalue weighted by Gasteiger charge is 2.44. The van der Waals surface area contributed by atoms with E-state index in [1.807, 2.05) is 35.2 Å². The highest BCUT2D eigenvalue weighted by Crippen LogP contribution is 2.35. The molecule has 3 amide bonds. The molecule has 0 unspecified atom stereocenters. The Kier molecular flexibility index (Phi) is 12.9. The first-order chi connectivity index (χ1) is 25.3. The van der Waals surface area contributed by atoms with E-state index in [0.717, 1.165) is 25.1 Å². The summed E-state index contributed by atoms with van der Waals surface area (Å²) in [4.78, 5) is 50.0. The van der Waals surface area contributed by atoms with E-state index in [1.165, 1.54) is 0 Å². The Hall–Kier alpha value is -4.79. The number of anilines is 2. The van der Waals surface area contributed by atoms with Crippen molar-refractivity contribution in [3.8, 4) is 0 Å². The van der Waals surface area contributed by atoms with Gasteiger partial charge in [-0.1, -0.05) is 37.3 Å². The van der Waals surface area contributed by atoms with Gasteiger partial charge in [-0.3, -0.25) is 4.79 Å². The average molecular weight is 751 g/mol. The third-order valence-electron chi connectivity index (χ3n) is 9.42. The first-order valence-electron chi connectivity index (χ1n) is 17.4. The van der Waals surface area contributed by atoms with Gasteiger partial charge in [-0.25, -0.2) is 14.6 Å². The predicted molar refractivity (Wildman–Crippen MR) is 185 cm³/mol. The minimum Gasteiger partial charge on any atom is -0.475 e. The maximum atomic E-state index is 12.6. The molecule has 0 bridgehead atoms. The molecular weight excluding hydrogens is 705 g/mol. The number of aliphatic hydroxyl groups is 3. The number of hydrogen-bond donors (Lipinski definition) is 9. The summed E-state index contributed by atoms with van der Waals surface area (Å²) < 4.78 is 33.5. The van der Waals surface area contributed by atoms with Crippen LogP contribution in [0.3, 0.4) is 0 Å². The van der Waals surface area contributed by atoms with E-state index in [9.17, 15) is 38.1 Å². The number of nitrogens with one attached hydrogen (secondary N) is 5. The van der Waals surface area contributed by atoms with Crippen molar-refractivity contribution in [2.45, 2.75) is 87.6 Å². The molecule has 1 aromatic carbocycles. The van der Waals surface area contributed by atoms with Gasteiger partial charge < -0.3 is 56.5 Å². The van der Waals surface area contributed by atoms with Crippen LogP contribution in [0, 0.1) is 0 Å². The van der Waals surface area contributed by atoms with E-state index in [4.69, 9.17) is 19.9 Å². The highest BCUT2D eigenvalue weighted by atomic mass is 19.4. The van der Waals surface area contributed by atoms with Gasteiger partial charge in [-0.05, 0) is 37.8 Å². The van der Waals surface area contributed by atoms with Crippen molar-refractivity contribution in [1.29, 1.82) is 0 Å². The van der Waals surface area contributed by atoms with Gasteiger partial charge in [0.2, 0.25) is 11.9 Å².